The van der Waals surface area contributed by atoms with E-state index in [0.717, 1.165) is 11.6 Å². The van der Waals surface area contributed by atoms with Gasteiger partial charge in [-0.2, -0.15) is 13.2 Å². The maximum atomic E-state index is 16.8. The minimum absolute atomic E-state index is 0.0334. The number of anilines is 1. The van der Waals surface area contributed by atoms with Gasteiger partial charge in [0.05, 0.1) is 45.1 Å². The Morgan fingerprint density at radius 2 is 1.67 bits per heavy atom. The number of alkyl halides is 4. The lowest BCUT2D eigenvalue weighted by molar-refractivity contribution is -0.884. The standard InChI is InChI=1S/C28H26ClF4N2O4/c1-35(2,3)15-17-5-7-18(8-6-17)25(36)39-16-34-23-13-19(28(31,32)33)9-11-21(23)27(30,26(34)37)22-14-20(29)10-12-24(22)38-4/h5-14H,15-16H2,1-4H3/q+1. The first-order valence-corrected chi connectivity index (χ1v) is 12.2. The number of quaternary nitrogens is 1. The summed E-state index contributed by atoms with van der Waals surface area (Å²) in [5.41, 5.74) is -3.94. The maximum Gasteiger partial charge on any atom is 0.416 e. The number of esters is 1. The van der Waals surface area contributed by atoms with Crippen molar-refractivity contribution in [2.75, 3.05) is 39.9 Å². The van der Waals surface area contributed by atoms with Crippen LogP contribution in [0.15, 0.2) is 60.7 Å². The zero-order valence-corrected chi connectivity index (χ0v) is 22.4. The van der Waals surface area contributed by atoms with Crippen LogP contribution in [0.25, 0.3) is 0 Å². The van der Waals surface area contributed by atoms with Crippen LogP contribution in [0.2, 0.25) is 5.02 Å². The number of hydrogen-bond acceptors (Lipinski definition) is 4. The predicted molar refractivity (Wildman–Crippen MR) is 137 cm³/mol. The first kappa shape index (κ1) is 28.4. The molecule has 0 saturated heterocycles. The molecule has 0 N–H and O–H groups in total. The van der Waals surface area contributed by atoms with E-state index in [0.29, 0.717) is 28.1 Å². The summed E-state index contributed by atoms with van der Waals surface area (Å²) in [5.74, 6) is -2.11. The third-order valence-corrected chi connectivity index (χ3v) is 6.47. The van der Waals surface area contributed by atoms with Crippen LogP contribution in [0.5, 0.6) is 5.75 Å². The van der Waals surface area contributed by atoms with E-state index in [-0.39, 0.29) is 33.1 Å². The fourth-order valence-electron chi connectivity index (χ4n) is 4.47. The SMILES string of the molecule is COc1ccc(Cl)cc1C1(F)C(=O)N(COC(=O)c2ccc(C[N+](C)(C)C)cc2)c2cc(C(F)(F)F)ccc21. The highest BCUT2D eigenvalue weighted by Gasteiger charge is 2.55. The lowest BCUT2D eigenvalue weighted by Crippen LogP contribution is -2.40. The zero-order chi connectivity index (χ0) is 28.8. The number of nitrogens with zero attached hydrogens (tertiary/aromatic N) is 2. The summed E-state index contributed by atoms with van der Waals surface area (Å²) < 4.78 is 68.5. The molecule has 0 saturated carbocycles. The maximum absolute atomic E-state index is 16.8. The van der Waals surface area contributed by atoms with Crippen LogP contribution in [0.1, 0.15) is 32.6 Å². The summed E-state index contributed by atoms with van der Waals surface area (Å²) in [6, 6.07) is 12.8. The monoisotopic (exact) mass is 565 g/mol. The molecule has 4 rings (SSSR count). The molecule has 0 aromatic heterocycles. The number of rotatable bonds is 7. The Balaban J connectivity index is 1.69. The number of amides is 1. The molecular formula is C28H26ClF4N2O4+. The molecule has 1 heterocycles. The molecule has 3 aromatic carbocycles. The van der Waals surface area contributed by atoms with Crippen molar-refractivity contribution in [1.29, 1.82) is 0 Å². The number of halogens is 5. The fourth-order valence-corrected chi connectivity index (χ4v) is 4.64. The molecule has 0 fully saturated rings. The summed E-state index contributed by atoms with van der Waals surface area (Å²) >= 11 is 6.06. The molecule has 0 spiro atoms. The number of carbonyl (C=O) groups is 2. The summed E-state index contributed by atoms with van der Waals surface area (Å²) in [5, 5.41) is 0.0858. The highest BCUT2D eigenvalue weighted by molar-refractivity contribution is 6.30. The largest absolute Gasteiger partial charge is 0.496 e. The Hall–Kier alpha value is -3.63. The third kappa shape index (κ3) is 5.58. The Morgan fingerprint density at radius 3 is 2.26 bits per heavy atom. The van der Waals surface area contributed by atoms with Crippen LogP contribution < -0.4 is 9.64 Å². The predicted octanol–water partition coefficient (Wildman–Crippen LogP) is 5.95. The average Bonchev–Trinajstić information content (AvgIpc) is 3.08. The second-order valence-corrected chi connectivity index (χ2v) is 10.6. The molecule has 0 aliphatic carbocycles. The lowest BCUT2D eigenvalue weighted by atomic mass is 9.88. The number of methoxy groups -OCH3 is 1. The molecule has 1 atom stereocenters. The van der Waals surface area contributed by atoms with Gasteiger partial charge in [-0.1, -0.05) is 29.8 Å². The number of hydrogen-bond donors (Lipinski definition) is 0. The van der Waals surface area contributed by atoms with Crippen LogP contribution in [0.3, 0.4) is 0 Å². The normalized spacial score (nSPS) is 17.3. The van der Waals surface area contributed by atoms with Gasteiger partial charge in [0.15, 0.2) is 6.73 Å². The average molecular weight is 566 g/mol. The summed E-state index contributed by atoms with van der Waals surface area (Å²) in [6.45, 7) is -0.108. The van der Waals surface area contributed by atoms with E-state index in [1.54, 1.807) is 24.3 Å². The van der Waals surface area contributed by atoms with Crippen molar-refractivity contribution < 1.29 is 41.1 Å². The van der Waals surface area contributed by atoms with Crippen LogP contribution in [0.4, 0.5) is 23.2 Å². The van der Waals surface area contributed by atoms with E-state index < -0.39 is 36.0 Å². The van der Waals surface area contributed by atoms with Crippen molar-refractivity contribution in [3.8, 4) is 5.75 Å². The highest BCUT2D eigenvalue weighted by atomic mass is 35.5. The summed E-state index contributed by atoms with van der Waals surface area (Å²) in [7, 11) is 7.30. The van der Waals surface area contributed by atoms with Crippen LogP contribution in [-0.2, 0) is 27.9 Å². The van der Waals surface area contributed by atoms with Crippen LogP contribution in [-0.4, -0.2) is 51.3 Å². The Kier molecular flexibility index (Phi) is 7.39. The van der Waals surface area contributed by atoms with Crippen molar-refractivity contribution in [2.45, 2.75) is 18.4 Å². The summed E-state index contributed by atoms with van der Waals surface area (Å²) in [4.78, 5) is 26.9. The molecule has 11 heteroatoms. The van der Waals surface area contributed by atoms with Gasteiger partial charge in [-0.25, -0.2) is 9.18 Å². The molecule has 6 nitrogen and oxygen atoms in total. The van der Waals surface area contributed by atoms with E-state index in [1.165, 1.54) is 25.3 Å². The van der Waals surface area contributed by atoms with Gasteiger partial charge < -0.3 is 14.0 Å². The van der Waals surface area contributed by atoms with Crippen molar-refractivity contribution >= 4 is 29.2 Å². The Labute approximate surface area is 227 Å². The minimum Gasteiger partial charge on any atom is -0.496 e. The summed E-state index contributed by atoms with van der Waals surface area (Å²) in [6.07, 6.45) is -4.76. The number of fused-ring (bicyclic) bond motifs is 1. The van der Waals surface area contributed by atoms with Gasteiger partial charge >= 0.3 is 12.1 Å². The minimum atomic E-state index is -4.76. The molecule has 1 amide bonds. The van der Waals surface area contributed by atoms with Gasteiger partial charge in [-0.05, 0) is 42.5 Å². The van der Waals surface area contributed by atoms with Crippen molar-refractivity contribution in [1.82, 2.24) is 0 Å². The molecule has 1 aliphatic rings. The van der Waals surface area contributed by atoms with Crippen molar-refractivity contribution in [3.63, 3.8) is 0 Å². The molecule has 0 radical (unpaired) electrons. The smallest absolute Gasteiger partial charge is 0.416 e. The second kappa shape index (κ2) is 10.2. The lowest BCUT2D eigenvalue weighted by Gasteiger charge is -2.24. The molecule has 39 heavy (non-hydrogen) atoms. The van der Waals surface area contributed by atoms with E-state index >= 15 is 4.39 Å². The van der Waals surface area contributed by atoms with Gasteiger partial charge in [0.1, 0.15) is 12.3 Å². The third-order valence-electron chi connectivity index (χ3n) is 6.23. The Bertz CT molecular complexity index is 1420. The highest BCUT2D eigenvalue weighted by Crippen LogP contribution is 2.51. The zero-order valence-electron chi connectivity index (χ0n) is 21.6. The molecule has 0 bridgehead atoms. The van der Waals surface area contributed by atoms with E-state index in [4.69, 9.17) is 21.1 Å². The van der Waals surface area contributed by atoms with E-state index in [9.17, 15) is 22.8 Å². The van der Waals surface area contributed by atoms with E-state index in [2.05, 4.69) is 0 Å². The molecule has 1 unspecified atom stereocenters. The first-order chi connectivity index (χ1) is 18.1. The second-order valence-electron chi connectivity index (χ2n) is 10.2. The first-order valence-electron chi connectivity index (χ1n) is 11.8. The number of ether oxygens (including phenoxy) is 2. The van der Waals surface area contributed by atoms with Gasteiger partial charge in [0.2, 0.25) is 5.67 Å². The molecule has 3 aromatic rings. The quantitative estimate of drug-likeness (QED) is 0.202. The fraction of sp³-hybridized carbons (Fsp3) is 0.286. The van der Waals surface area contributed by atoms with Gasteiger partial charge in [0, 0.05) is 21.7 Å². The van der Waals surface area contributed by atoms with Crippen LogP contribution >= 0.6 is 11.6 Å². The van der Waals surface area contributed by atoms with Gasteiger partial charge in [0.25, 0.3) is 5.91 Å². The van der Waals surface area contributed by atoms with E-state index in [1.807, 2.05) is 21.1 Å². The van der Waals surface area contributed by atoms with Crippen molar-refractivity contribution in [3.05, 3.63) is 93.5 Å². The topological polar surface area (TPSA) is 55.8 Å². The number of carbonyl (C=O) groups excluding carboxylic acids is 2. The van der Waals surface area contributed by atoms with Crippen LogP contribution in [0, 0.1) is 0 Å². The molecule has 206 valence electrons. The van der Waals surface area contributed by atoms with Crippen molar-refractivity contribution in [2.24, 2.45) is 0 Å². The molecule has 1 aliphatic heterocycles. The Morgan fingerprint density at radius 1 is 1.00 bits per heavy atom. The van der Waals surface area contributed by atoms with Gasteiger partial charge in [-0.15, -0.1) is 0 Å². The number of benzene rings is 3. The van der Waals surface area contributed by atoms with Gasteiger partial charge in [-0.3, -0.25) is 9.69 Å². The molecular weight excluding hydrogens is 540 g/mol.